The molecule has 0 saturated heterocycles. The van der Waals surface area contributed by atoms with Crippen molar-refractivity contribution in [2.75, 3.05) is 47.5 Å². The quantitative estimate of drug-likeness (QED) is 0.0153. The van der Waals surface area contributed by atoms with Gasteiger partial charge < -0.3 is 27.9 Å². The number of hydrogen-bond donors (Lipinski definition) is 0. The van der Waals surface area contributed by atoms with Gasteiger partial charge in [-0.05, 0) is 57.4 Å². The number of carbonyl (C=O) groups is 1. The number of phosphoric ester groups is 1. The van der Waals surface area contributed by atoms with Crippen LogP contribution in [0, 0.1) is 0 Å². The summed E-state index contributed by atoms with van der Waals surface area (Å²) < 4.78 is 34.3. The van der Waals surface area contributed by atoms with Crippen LogP contribution in [0.5, 0.6) is 0 Å². The molecular weight excluding hydrogens is 685 g/mol. The standard InChI is InChI=1S/C44H84NO7P/c1-6-8-10-12-14-16-18-20-22-23-24-25-27-29-31-33-35-37-44(46)52-43(42-51-53(47,48)50-40-38-45(3,4)5)41-49-39-36-34-32-30-28-26-21-19-17-15-13-11-9-7-2/h14,16,20,22,36,39,43H,6-13,15,17-19,21,23-35,37-38,40-42H2,1-5H3/b16-14+,22-20+,39-36+/t43-/m1/s1. The Morgan fingerprint density at radius 3 is 1.58 bits per heavy atom. The van der Waals surface area contributed by atoms with E-state index in [2.05, 4.69) is 38.2 Å². The van der Waals surface area contributed by atoms with Gasteiger partial charge in [-0.3, -0.25) is 9.36 Å². The van der Waals surface area contributed by atoms with Crippen molar-refractivity contribution < 1.29 is 37.3 Å². The largest absolute Gasteiger partial charge is 0.756 e. The fraction of sp³-hybridized carbons (Fsp3) is 0.841. The molecule has 0 heterocycles. The molecule has 0 aromatic heterocycles. The van der Waals surface area contributed by atoms with Gasteiger partial charge in [0.15, 0.2) is 6.10 Å². The predicted octanol–water partition coefficient (Wildman–Crippen LogP) is 12.3. The average Bonchev–Trinajstić information content (AvgIpc) is 3.11. The van der Waals surface area contributed by atoms with E-state index < -0.39 is 13.9 Å². The first-order valence-corrected chi connectivity index (χ1v) is 23.2. The van der Waals surface area contributed by atoms with Crippen molar-refractivity contribution in [3.8, 4) is 0 Å². The lowest BCUT2D eigenvalue weighted by atomic mass is 10.0. The Hall–Kier alpha value is -1.44. The first kappa shape index (κ1) is 51.6. The number of phosphoric acid groups is 1. The zero-order valence-electron chi connectivity index (χ0n) is 35.2. The molecule has 0 saturated carbocycles. The Morgan fingerprint density at radius 2 is 1.06 bits per heavy atom. The Bertz CT molecular complexity index is 947. The summed E-state index contributed by atoms with van der Waals surface area (Å²) in [6.07, 6.45) is 43.8. The maximum atomic E-state index is 12.7. The number of unbranched alkanes of at least 4 members (excludes halogenated alkanes) is 22. The van der Waals surface area contributed by atoms with E-state index in [1.165, 1.54) is 122 Å². The molecule has 0 aliphatic heterocycles. The summed E-state index contributed by atoms with van der Waals surface area (Å²) in [7, 11) is 1.32. The van der Waals surface area contributed by atoms with Gasteiger partial charge in [0.2, 0.25) is 0 Å². The second-order valence-electron chi connectivity index (χ2n) is 15.8. The zero-order valence-corrected chi connectivity index (χ0v) is 36.1. The van der Waals surface area contributed by atoms with Crippen LogP contribution < -0.4 is 4.89 Å². The number of esters is 1. The van der Waals surface area contributed by atoms with Crippen molar-refractivity contribution in [1.29, 1.82) is 0 Å². The van der Waals surface area contributed by atoms with Gasteiger partial charge in [0, 0.05) is 6.42 Å². The Balaban J connectivity index is 4.30. The molecule has 0 radical (unpaired) electrons. The van der Waals surface area contributed by atoms with E-state index in [0.717, 1.165) is 44.9 Å². The predicted molar refractivity (Wildman–Crippen MR) is 222 cm³/mol. The Morgan fingerprint density at radius 1 is 0.604 bits per heavy atom. The molecule has 0 spiro atoms. The minimum absolute atomic E-state index is 0.0151. The highest BCUT2D eigenvalue weighted by atomic mass is 31.2. The van der Waals surface area contributed by atoms with Gasteiger partial charge in [-0.25, -0.2) is 0 Å². The van der Waals surface area contributed by atoms with E-state index in [1.54, 1.807) is 6.26 Å². The van der Waals surface area contributed by atoms with Crippen molar-refractivity contribution in [3.63, 3.8) is 0 Å². The van der Waals surface area contributed by atoms with E-state index in [0.29, 0.717) is 11.0 Å². The summed E-state index contributed by atoms with van der Waals surface area (Å²) in [4.78, 5) is 25.0. The highest BCUT2D eigenvalue weighted by molar-refractivity contribution is 7.45. The van der Waals surface area contributed by atoms with Crippen LogP contribution in [0.2, 0.25) is 0 Å². The van der Waals surface area contributed by atoms with E-state index in [9.17, 15) is 14.3 Å². The monoisotopic (exact) mass is 770 g/mol. The van der Waals surface area contributed by atoms with Gasteiger partial charge in [-0.15, -0.1) is 0 Å². The number of quaternary nitrogens is 1. The average molecular weight is 770 g/mol. The first-order chi connectivity index (χ1) is 25.6. The number of likely N-dealkylation sites (N-methyl/N-ethyl adjacent to an activating group) is 1. The molecule has 0 bridgehead atoms. The van der Waals surface area contributed by atoms with Gasteiger partial charge in [0.25, 0.3) is 7.82 Å². The normalized spacial score (nSPS) is 14.1. The summed E-state index contributed by atoms with van der Waals surface area (Å²) >= 11 is 0. The molecule has 0 N–H and O–H groups in total. The third-order valence-electron chi connectivity index (χ3n) is 9.26. The van der Waals surface area contributed by atoms with Crippen molar-refractivity contribution in [2.45, 2.75) is 193 Å². The van der Waals surface area contributed by atoms with E-state index in [4.69, 9.17) is 18.5 Å². The van der Waals surface area contributed by atoms with Crippen LogP contribution in [0.25, 0.3) is 0 Å². The summed E-state index contributed by atoms with van der Waals surface area (Å²) in [6.45, 7) is 4.71. The van der Waals surface area contributed by atoms with Crippen molar-refractivity contribution in [1.82, 2.24) is 0 Å². The second kappa shape index (κ2) is 37.5. The van der Waals surface area contributed by atoms with E-state index >= 15 is 0 Å². The van der Waals surface area contributed by atoms with E-state index in [1.807, 2.05) is 27.2 Å². The third-order valence-corrected chi connectivity index (χ3v) is 10.2. The fourth-order valence-corrected chi connectivity index (χ4v) is 6.56. The van der Waals surface area contributed by atoms with Crippen LogP contribution in [0.3, 0.4) is 0 Å². The molecule has 2 atom stereocenters. The van der Waals surface area contributed by atoms with Crippen molar-refractivity contribution >= 4 is 13.8 Å². The minimum atomic E-state index is -4.54. The van der Waals surface area contributed by atoms with Crippen LogP contribution in [0.4, 0.5) is 0 Å². The van der Waals surface area contributed by atoms with Gasteiger partial charge in [-0.1, -0.05) is 154 Å². The second-order valence-corrected chi connectivity index (χ2v) is 17.2. The number of carbonyl (C=O) groups excluding carboxylic acids is 1. The molecule has 0 aliphatic rings. The molecule has 8 nitrogen and oxygen atoms in total. The fourth-order valence-electron chi connectivity index (χ4n) is 5.84. The third kappa shape index (κ3) is 41.6. The van der Waals surface area contributed by atoms with Gasteiger partial charge in [0.1, 0.15) is 19.8 Å². The maximum absolute atomic E-state index is 12.7. The zero-order chi connectivity index (χ0) is 39.1. The molecule has 1 unspecified atom stereocenters. The molecule has 53 heavy (non-hydrogen) atoms. The van der Waals surface area contributed by atoms with E-state index in [-0.39, 0.29) is 32.2 Å². The minimum Gasteiger partial charge on any atom is -0.756 e. The Kier molecular flexibility index (Phi) is 36.5. The topological polar surface area (TPSA) is 94.1 Å². The molecule has 0 aromatic carbocycles. The number of hydrogen-bond acceptors (Lipinski definition) is 7. The SMILES string of the molecule is CCCCC/C=C/C/C=C/CCCCCCCCCC(=O)O[C@H](CO/C=C/CCCCCCCCCCCCCC)COP(=O)([O-])OCC[N+](C)(C)C. The lowest BCUT2D eigenvalue weighted by Gasteiger charge is -2.28. The molecule has 0 rings (SSSR count). The van der Waals surface area contributed by atoms with Crippen molar-refractivity contribution in [3.05, 3.63) is 36.6 Å². The van der Waals surface area contributed by atoms with Crippen LogP contribution in [0.15, 0.2) is 36.6 Å². The Labute approximate surface area is 327 Å². The molecule has 312 valence electrons. The summed E-state index contributed by atoms with van der Waals surface area (Å²) in [5.74, 6) is -0.364. The highest BCUT2D eigenvalue weighted by Gasteiger charge is 2.20. The summed E-state index contributed by atoms with van der Waals surface area (Å²) in [5.41, 5.74) is 0. The van der Waals surface area contributed by atoms with Crippen molar-refractivity contribution in [2.24, 2.45) is 0 Å². The molecule has 0 aromatic rings. The molecular formula is C44H84NO7P. The highest BCUT2D eigenvalue weighted by Crippen LogP contribution is 2.38. The maximum Gasteiger partial charge on any atom is 0.306 e. The van der Waals surface area contributed by atoms with Gasteiger partial charge in [0.05, 0.1) is 34.0 Å². The summed E-state index contributed by atoms with van der Waals surface area (Å²) in [5, 5.41) is 0. The number of allylic oxidation sites excluding steroid dienone is 5. The van der Waals surface area contributed by atoms with Crippen LogP contribution in [0.1, 0.15) is 187 Å². The lowest BCUT2D eigenvalue weighted by Crippen LogP contribution is -2.37. The molecule has 0 aliphatic carbocycles. The molecule has 9 heteroatoms. The number of nitrogens with zero attached hydrogens (tertiary/aromatic N) is 1. The smallest absolute Gasteiger partial charge is 0.306 e. The number of rotatable bonds is 40. The molecule has 0 fully saturated rings. The van der Waals surface area contributed by atoms with Crippen LogP contribution in [-0.4, -0.2) is 64.1 Å². The number of ether oxygens (including phenoxy) is 2. The first-order valence-electron chi connectivity index (χ1n) is 21.8. The van der Waals surface area contributed by atoms with Gasteiger partial charge >= 0.3 is 5.97 Å². The van der Waals surface area contributed by atoms with Gasteiger partial charge in [-0.2, -0.15) is 0 Å². The molecule has 0 amide bonds. The van der Waals surface area contributed by atoms with Crippen LogP contribution >= 0.6 is 7.82 Å². The van der Waals surface area contributed by atoms with Crippen LogP contribution in [-0.2, 0) is 27.9 Å². The lowest BCUT2D eigenvalue weighted by molar-refractivity contribution is -0.870. The summed E-state index contributed by atoms with van der Waals surface area (Å²) in [6, 6.07) is 0.